The van der Waals surface area contributed by atoms with Gasteiger partial charge in [-0.3, -0.25) is 4.79 Å². The number of alkyl halides is 3. The highest BCUT2D eigenvalue weighted by Gasteiger charge is 2.40. The molecule has 10 heteroatoms. The van der Waals surface area contributed by atoms with Crippen LogP contribution in [-0.4, -0.2) is 71.9 Å². The summed E-state index contributed by atoms with van der Waals surface area (Å²) in [4.78, 5) is 11.8. The van der Waals surface area contributed by atoms with Gasteiger partial charge in [0.15, 0.2) is 11.5 Å². The van der Waals surface area contributed by atoms with Gasteiger partial charge in [-0.25, -0.2) is 0 Å². The number of phenolic OH excluding ortho intramolecular Hbond substituents is 1. The van der Waals surface area contributed by atoms with Gasteiger partial charge in [0.2, 0.25) is 0 Å². The summed E-state index contributed by atoms with van der Waals surface area (Å²) < 4.78 is 46.5. The lowest BCUT2D eigenvalue weighted by Crippen LogP contribution is -2.49. The molecule has 1 aliphatic heterocycles. The maximum atomic E-state index is 12.7. The van der Waals surface area contributed by atoms with Crippen LogP contribution in [0.15, 0.2) is 18.2 Å². The minimum atomic E-state index is -4.88. The van der Waals surface area contributed by atoms with Crippen LogP contribution in [0.1, 0.15) is 64.4 Å². The first-order valence-corrected chi connectivity index (χ1v) is 11.7. The fraction of sp³-hybridized carbons (Fsp3) is 0.708. The van der Waals surface area contributed by atoms with Crippen molar-refractivity contribution < 1.29 is 37.7 Å². The van der Waals surface area contributed by atoms with Crippen molar-refractivity contribution >= 4 is 6.47 Å². The zero-order chi connectivity index (χ0) is 25.4. The summed E-state index contributed by atoms with van der Waals surface area (Å²) in [6.45, 7) is 9.85. The Kier molecular flexibility index (Phi) is 10.0. The lowest BCUT2D eigenvalue weighted by Gasteiger charge is -2.42. The lowest BCUT2D eigenvalue weighted by atomic mass is 9.72. The number of aliphatic hydroxyl groups is 1. The quantitative estimate of drug-likeness (QED) is 0.521. The molecule has 194 valence electrons. The topological polar surface area (TPSA) is 91.3 Å². The maximum Gasteiger partial charge on any atom is 0.573 e. The molecule has 2 fully saturated rings. The molecule has 0 amide bonds. The second-order valence-corrected chi connectivity index (χ2v) is 9.87. The Labute approximate surface area is 199 Å². The predicted octanol–water partition coefficient (Wildman–Crippen LogP) is 3.93. The number of hydrogen-bond donors (Lipinski definition) is 3. The van der Waals surface area contributed by atoms with Gasteiger partial charge in [-0.15, -0.1) is 13.2 Å². The van der Waals surface area contributed by atoms with Crippen molar-refractivity contribution in [2.45, 2.75) is 76.4 Å². The van der Waals surface area contributed by atoms with Crippen LogP contribution in [-0.2, 0) is 9.53 Å². The number of halogens is 3. The Hall–Kier alpha value is -2.04. The van der Waals surface area contributed by atoms with Crippen LogP contribution in [0, 0.1) is 0 Å². The Morgan fingerprint density at radius 1 is 1.15 bits per heavy atom. The molecule has 3 rings (SSSR count). The van der Waals surface area contributed by atoms with E-state index in [0.717, 1.165) is 45.4 Å². The average molecular weight is 491 g/mol. The second kappa shape index (κ2) is 12.1. The van der Waals surface area contributed by atoms with Gasteiger partial charge < -0.3 is 29.9 Å². The average Bonchev–Trinajstić information content (AvgIpc) is 2.74. The Morgan fingerprint density at radius 2 is 1.76 bits per heavy atom. The lowest BCUT2D eigenvalue weighted by molar-refractivity contribution is -0.275. The number of nitrogens with one attached hydrogen (secondary N) is 1. The van der Waals surface area contributed by atoms with Gasteiger partial charge in [0.1, 0.15) is 5.60 Å². The van der Waals surface area contributed by atoms with Gasteiger partial charge in [0.25, 0.3) is 6.47 Å². The fourth-order valence-corrected chi connectivity index (χ4v) is 4.35. The molecule has 0 radical (unpaired) electrons. The van der Waals surface area contributed by atoms with Crippen LogP contribution in [0.4, 0.5) is 13.2 Å². The molecule has 2 aliphatic rings. The largest absolute Gasteiger partial charge is 0.573 e. The molecule has 3 N–H and O–H groups in total. The van der Waals surface area contributed by atoms with Crippen molar-refractivity contribution in [3.05, 3.63) is 23.8 Å². The third-order valence-electron chi connectivity index (χ3n) is 6.03. The van der Waals surface area contributed by atoms with E-state index in [4.69, 9.17) is 0 Å². The van der Waals surface area contributed by atoms with Crippen molar-refractivity contribution in [2.24, 2.45) is 0 Å². The summed E-state index contributed by atoms with van der Waals surface area (Å²) in [7, 11) is 0. The van der Waals surface area contributed by atoms with Gasteiger partial charge >= 0.3 is 6.36 Å². The Morgan fingerprint density at radius 3 is 2.26 bits per heavy atom. The molecule has 1 aliphatic carbocycles. The van der Waals surface area contributed by atoms with Gasteiger partial charge in [-0.2, -0.15) is 0 Å². The minimum Gasteiger partial charge on any atom is -0.504 e. The summed E-state index contributed by atoms with van der Waals surface area (Å²) in [6, 6.07) is 4.04. The van der Waals surface area contributed by atoms with Crippen LogP contribution in [0.5, 0.6) is 11.5 Å². The van der Waals surface area contributed by atoms with Crippen LogP contribution in [0.2, 0.25) is 0 Å². The van der Waals surface area contributed by atoms with Gasteiger partial charge in [0.05, 0.1) is 5.60 Å². The van der Waals surface area contributed by atoms with E-state index in [2.05, 4.69) is 19.7 Å². The predicted molar refractivity (Wildman–Crippen MR) is 122 cm³/mol. The first-order valence-electron chi connectivity index (χ1n) is 11.7. The number of rotatable bonds is 6. The standard InChI is InChI=1S/C19H27F3N2O3.C5H10O2/c20-19(21,22)27-17-12-14(4-5-16(17)25)15(13-24-10-8-23-9-11-24)18(26)6-2-1-3-7-18;1-5(2,3)7-4-6/h4-5,12,15,23,25-26H,1-3,6-11,13H2;4H,1-3H3. The van der Waals surface area contributed by atoms with Crippen LogP contribution >= 0.6 is 0 Å². The highest BCUT2D eigenvalue weighted by Crippen LogP contribution is 2.43. The van der Waals surface area contributed by atoms with Gasteiger partial charge in [-0.1, -0.05) is 25.3 Å². The van der Waals surface area contributed by atoms with Crippen LogP contribution < -0.4 is 10.1 Å². The van der Waals surface area contributed by atoms with E-state index in [-0.39, 0.29) is 11.5 Å². The third-order valence-corrected chi connectivity index (χ3v) is 6.03. The SMILES string of the molecule is CC(C)(C)OC=O.Oc1ccc(C(CN2CCNCC2)C2(O)CCCCC2)cc1OC(F)(F)F. The molecular weight excluding hydrogens is 453 g/mol. The number of carbonyl (C=O) groups is 1. The van der Waals surface area contributed by atoms with E-state index >= 15 is 0 Å². The van der Waals surface area contributed by atoms with Crippen molar-refractivity contribution in [3.8, 4) is 11.5 Å². The molecule has 1 saturated carbocycles. The third kappa shape index (κ3) is 9.31. The van der Waals surface area contributed by atoms with Gasteiger partial charge in [-0.05, 0) is 51.3 Å². The smallest absolute Gasteiger partial charge is 0.504 e. The molecule has 1 saturated heterocycles. The van der Waals surface area contributed by atoms with Crippen molar-refractivity contribution in [3.63, 3.8) is 0 Å². The Bertz CT molecular complexity index is 771. The number of piperazine rings is 1. The van der Waals surface area contributed by atoms with Crippen molar-refractivity contribution in [1.29, 1.82) is 0 Å². The number of hydrogen-bond acceptors (Lipinski definition) is 7. The number of ether oxygens (including phenoxy) is 2. The van der Waals surface area contributed by atoms with Crippen LogP contribution in [0.3, 0.4) is 0 Å². The summed E-state index contributed by atoms with van der Waals surface area (Å²) in [6.07, 6.45) is -0.774. The number of phenols is 1. The monoisotopic (exact) mass is 490 g/mol. The molecule has 1 atom stereocenters. The minimum absolute atomic E-state index is 0.318. The van der Waals surface area contributed by atoms with Crippen LogP contribution in [0.25, 0.3) is 0 Å². The summed E-state index contributed by atoms with van der Waals surface area (Å²) >= 11 is 0. The maximum absolute atomic E-state index is 12.7. The molecule has 1 unspecified atom stereocenters. The summed E-state index contributed by atoms with van der Waals surface area (Å²) in [5, 5.41) is 24.4. The van der Waals surface area contributed by atoms with E-state index in [9.17, 15) is 28.2 Å². The molecule has 1 aromatic carbocycles. The number of aromatic hydroxyl groups is 1. The van der Waals surface area contributed by atoms with E-state index in [1.807, 2.05) is 20.8 Å². The molecular formula is C24H37F3N2O5. The number of benzene rings is 1. The highest BCUT2D eigenvalue weighted by atomic mass is 19.4. The summed E-state index contributed by atoms with van der Waals surface area (Å²) in [5.74, 6) is -1.52. The second-order valence-electron chi connectivity index (χ2n) is 9.87. The molecule has 0 spiro atoms. The molecule has 34 heavy (non-hydrogen) atoms. The number of carbonyl (C=O) groups excluding carboxylic acids is 1. The zero-order valence-corrected chi connectivity index (χ0v) is 20.2. The van der Waals surface area contributed by atoms with E-state index in [0.29, 0.717) is 31.4 Å². The molecule has 0 bridgehead atoms. The zero-order valence-electron chi connectivity index (χ0n) is 20.2. The Balaban J connectivity index is 0.000000509. The first kappa shape index (κ1) is 28.2. The van der Waals surface area contributed by atoms with Crippen molar-refractivity contribution in [1.82, 2.24) is 10.2 Å². The molecule has 1 aromatic rings. The molecule has 7 nitrogen and oxygen atoms in total. The van der Waals surface area contributed by atoms with E-state index < -0.39 is 23.5 Å². The van der Waals surface area contributed by atoms with Gasteiger partial charge in [0, 0.05) is 38.6 Å². The fourth-order valence-electron chi connectivity index (χ4n) is 4.35. The highest BCUT2D eigenvalue weighted by molar-refractivity contribution is 5.44. The normalized spacial score (nSPS) is 20.0. The summed E-state index contributed by atoms with van der Waals surface area (Å²) in [5.41, 5.74) is -0.716. The first-order chi connectivity index (χ1) is 15.8. The van der Waals surface area contributed by atoms with E-state index in [1.165, 1.54) is 12.1 Å². The van der Waals surface area contributed by atoms with E-state index in [1.54, 1.807) is 6.07 Å². The molecule has 1 heterocycles. The molecule has 0 aromatic heterocycles. The number of nitrogens with zero attached hydrogens (tertiary/aromatic N) is 1. The van der Waals surface area contributed by atoms with Crippen molar-refractivity contribution in [2.75, 3.05) is 32.7 Å².